The Kier molecular flexibility index (Phi) is 4.99. The number of benzene rings is 1. The predicted molar refractivity (Wildman–Crippen MR) is 67.7 cm³/mol. The quantitative estimate of drug-likeness (QED) is 0.752. The van der Waals surface area contributed by atoms with Crippen LogP contribution in [0.5, 0.6) is 5.75 Å². The molecule has 0 radical (unpaired) electrons. The van der Waals surface area contributed by atoms with E-state index in [2.05, 4.69) is 0 Å². The summed E-state index contributed by atoms with van der Waals surface area (Å²) >= 11 is 0. The van der Waals surface area contributed by atoms with Gasteiger partial charge >= 0.3 is 0 Å². The molecule has 1 aliphatic carbocycles. The van der Waals surface area contributed by atoms with Crippen LogP contribution in [0.4, 0.5) is 0 Å². The monoisotopic (exact) mass is 252 g/mol. The van der Waals surface area contributed by atoms with Crippen molar-refractivity contribution in [3.8, 4) is 5.75 Å². The lowest BCUT2D eigenvalue weighted by Gasteiger charge is -2.22. The summed E-state index contributed by atoms with van der Waals surface area (Å²) < 4.78 is 10.7. The Bertz CT molecular complexity index is 378. The topological polar surface area (TPSA) is 58.9 Å². The van der Waals surface area contributed by atoms with Crippen LogP contribution in [0, 0.1) is 0 Å². The first-order chi connectivity index (χ1) is 8.81. The molecule has 0 fully saturated rings. The lowest BCUT2D eigenvalue weighted by Crippen LogP contribution is -2.11. The second kappa shape index (κ2) is 6.73. The zero-order valence-electron chi connectivity index (χ0n) is 10.5. The van der Waals surface area contributed by atoms with Crippen LogP contribution in [-0.4, -0.2) is 36.6 Å². The molecular weight excluding hydrogens is 232 g/mol. The van der Waals surface area contributed by atoms with Crippen molar-refractivity contribution in [2.45, 2.75) is 25.4 Å². The highest BCUT2D eigenvalue weighted by atomic mass is 16.5. The van der Waals surface area contributed by atoms with Gasteiger partial charge in [0.25, 0.3) is 0 Å². The SMILES string of the molecule is OCCOCCOc1ccc2c(c1)[C@@H](O)CCC2. The van der Waals surface area contributed by atoms with E-state index in [9.17, 15) is 5.11 Å². The van der Waals surface area contributed by atoms with Crippen molar-refractivity contribution < 1.29 is 19.7 Å². The second-order valence-corrected chi connectivity index (χ2v) is 4.45. The van der Waals surface area contributed by atoms with Crippen molar-refractivity contribution in [3.05, 3.63) is 29.3 Å². The van der Waals surface area contributed by atoms with Gasteiger partial charge in [-0.1, -0.05) is 6.07 Å². The number of fused-ring (bicyclic) bond motifs is 1. The summed E-state index contributed by atoms with van der Waals surface area (Å²) in [6, 6.07) is 5.88. The summed E-state index contributed by atoms with van der Waals surface area (Å²) in [4.78, 5) is 0. The highest BCUT2D eigenvalue weighted by Gasteiger charge is 2.18. The minimum absolute atomic E-state index is 0.0328. The number of hydrogen-bond acceptors (Lipinski definition) is 4. The van der Waals surface area contributed by atoms with Crippen LogP contribution in [0.15, 0.2) is 18.2 Å². The van der Waals surface area contributed by atoms with E-state index in [0.29, 0.717) is 19.8 Å². The summed E-state index contributed by atoms with van der Waals surface area (Å²) in [5.41, 5.74) is 2.22. The number of rotatable bonds is 6. The number of aryl methyl sites for hydroxylation is 1. The second-order valence-electron chi connectivity index (χ2n) is 4.45. The maximum atomic E-state index is 9.92. The summed E-state index contributed by atoms with van der Waals surface area (Å²) in [5.74, 6) is 0.766. The maximum absolute atomic E-state index is 9.92. The van der Waals surface area contributed by atoms with E-state index in [1.165, 1.54) is 5.56 Å². The molecule has 1 aromatic carbocycles. The van der Waals surface area contributed by atoms with Crippen LogP contribution in [0.1, 0.15) is 30.1 Å². The molecule has 100 valence electrons. The lowest BCUT2D eigenvalue weighted by atomic mass is 9.89. The third-order valence-electron chi connectivity index (χ3n) is 3.13. The highest BCUT2D eigenvalue weighted by Crippen LogP contribution is 2.32. The van der Waals surface area contributed by atoms with E-state index in [-0.39, 0.29) is 12.7 Å². The molecule has 1 atom stereocenters. The van der Waals surface area contributed by atoms with Crippen molar-refractivity contribution in [1.29, 1.82) is 0 Å². The van der Waals surface area contributed by atoms with Gasteiger partial charge in [-0.3, -0.25) is 0 Å². The summed E-state index contributed by atoms with van der Waals surface area (Å²) in [5, 5.41) is 18.5. The molecule has 0 unspecified atom stereocenters. The maximum Gasteiger partial charge on any atom is 0.119 e. The van der Waals surface area contributed by atoms with Crippen molar-refractivity contribution in [3.63, 3.8) is 0 Å². The van der Waals surface area contributed by atoms with Gasteiger partial charge in [0.05, 0.1) is 25.9 Å². The molecule has 4 heteroatoms. The molecule has 0 amide bonds. The summed E-state index contributed by atoms with van der Waals surface area (Å²) in [6.07, 6.45) is 2.55. The molecule has 0 saturated heterocycles. The molecule has 2 N–H and O–H groups in total. The zero-order chi connectivity index (χ0) is 12.8. The Morgan fingerprint density at radius 1 is 1.22 bits per heavy atom. The van der Waals surface area contributed by atoms with Crippen LogP contribution in [-0.2, 0) is 11.2 Å². The van der Waals surface area contributed by atoms with Gasteiger partial charge in [-0.25, -0.2) is 0 Å². The predicted octanol–water partition coefficient (Wildman–Crippen LogP) is 1.44. The summed E-state index contributed by atoms with van der Waals surface area (Å²) in [6.45, 7) is 1.28. The number of hydrogen-bond donors (Lipinski definition) is 2. The molecule has 0 spiro atoms. The molecular formula is C14H20O4. The number of ether oxygens (including phenoxy) is 2. The largest absolute Gasteiger partial charge is 0.491 e. The molecule has 1 aromatic rings. The average Bonchev–Trinajstić information content (AvgIpc) is 2.39. The lowest BCUT2D eigenvalue weighted by molar-refractivity contribution is 0.0704. The van der Waals surface area contributed by atoms with E-state index in [4.69, 9.17) is 14.6 Å². The van der Waals surface area contributed by atoms with Crippen LogP contribution < -0.4 is 4.74 Å². The molecule has 1 aliphatic rings. The van der Waals surface area contributed by atoms with Crippen LogP contribution in [0.3, 0.4) is 0 Å². The van der Waals surface area contributed by atoms with Crippen LogP contribution in [0.2, 0.25) is 0 Å². The minimum atomic E-state index is -0.358. The number of aliphatic hydroxyl groups excluding tert-OH is 2. The van der Waals surface area contributed by atoms with E-state index < -0.39 is 0 Å². The minimum Gasteiger partial charge on any atom is -0.491 e. The van der Waals surface area contributed by atoms with Gasteiger partial charge in [-0.05, 0) is 42.5 Å². The van der Waals surface area contributed by atoms with Gasteiger partial charge in [-0.2, -0.15) is 0 Å². The number of aliphatic hydroxyl groups is 2. The average molecular weight is 252 g/mol. The fourth-order valence-corrected chi connectivity index (χ4v) is 2.23. The van der Waals surface area contributed by atoms with Crippen molar-refractivity contribution in [2.75, 3.05) is 26.4 Å². The van der Waals surface area contributed by atoms with Crippen molar-refractivity contribution in [1.82, 2.24) is 0 Å². The van der Waals surface area contributed by atoms with Gasteiger partial charge in [0.2, 0.25) is 0 Å². The van der Waals surface area contributed by atoms with Gasteiger partial charge in [0.1, 0.15) is 12.4 Å². The molecule has 4 nitrogen and oxygen atoms in total. The van der Waals surface area contributed by atoms with E-state index >= 15 is 0 Å². The third-order valence-corrected chi connectivity index (χ3v) is 3.13. The zero-order valence-corrected chi connectivity index (χ0v) is 10.5. The van der Waals surface area contributed by atoms with Gasteiger partial charge in [0.15, 0.2) is 0 Å². The molecule has 0 saturated carbocycles. The Labute approximate surface area is 107 Å². The van der Waals surface area contributed by atoms with Crippen LogP contribution >= 0.6 is 0 Å². The van der Waals surface area contributed by atoms with Crippen molar-refractivity contribution >= 4 is 0 Å². The smallest absolute Gasteiger partial charge is 0.119 e. The molecule has 2 rings (SSSR count). The Hall–Kier alpha value is -1.10. The third kappa shape index (κ3) is 3.45. The van der Waals surface area contributed by atoms with Crippen molar-refractivity contribution in [2.24, 2.45) is 0 Å². The molecule has 18 heavy (non-hydrogen) atoms. The Morgan fingerprint density at radius 3 is 2.94 bits per heavy atom. The Morgan fingerprint density at radius 2 is 2.11 bits per heavy atom. The fourth-order valence-electron chi connectivity index (χ4n) is 2.23. The highest BCUT2D eigenvalue weighted by molar-refractivity contribution is 5.38. The molecule has 0 aliphatic heterocycles. The van der Waals surface area contributed by atoms with E-state index in [1.807, 2.05) is 18.2 Å². The van der Waals surface area contributed by atoms with E-state index in [0.717, 1.165) is 30.6 Å². The van der Waals surface area contributed by atoms with E-state index in [1.54, 1.807) is 0 Å². The summed E-state index contributed by atoms with van der Waals surface area (Å²) in [7, 11) is 0. The normalized spacial score (nSPS) is 18.4. The fraction of sp³-hybridized carbons (Fsp3) is 0.571. The first-order valence-corrected chi connectivity index (χ1v) is 6.43. The molecule has 0 aromatic heterocycles. The first kappa shape index (κ1) is 13.3. The standard InChI is InChI=1S/C14H20O4/c15-6-7-17-8-9-18-12-5-4-11-2-1-3-14(16)13(11)10-12/h4-5,10,14-16H,1-3,6-9H2/t14-/m0/s1. The molecule has 0 heterocycles. The van der Waals surface area contributed by atoms with Gasteiger partial charge in [-0.15, -0.1) is 0 Å². The molecule has 0 bridgehead atoms. The first-order valence-electron chi connectivity index (χ1n) is 6.43. The van der Waals surface area contributed by atoms with Gasteiger partial charge in [0, 0.05) is 0 Å². The Balaban J connectivity index is 1.88. The van der Waals surface area contributed by atoms with Crippen LogP contribution in [0.25, 0.3) is 0 Å². The van der Waals surface area contributed by atoms with Gasteiger partial charge < -0.3 is 19.7 Å².